The molecule has 0 aromatic carbocycles. The second kappa shape index (κ2) is 10.8. The highest BCUT2D eigenvalue weighted by molar-refractivity contribution is 9.11. The molecular formula is C22H41BrO4Si2. The molecule has 0 N–H and O–H groups in total. The molecule has 0 aromatic heterocycles. The number of halogens is 1. The highest BCUT2D eigenvalue weighted by atomic mass is 79.9. The van der Waals surface area contributed by atoms with E-state index in [0.29, 0.717) is 12.8 Å². The number of carbonyl (C=O) groups excluding carboxylic acids is 1. The van der Waals surface area contributed by atoms with Gasteiger partial charge in [0.05, 0.1) is 19.3 Å². The van der Waals surface area contributed by atoms with Crippen LogP contribution in [0.2, 0.25) is 36.3 Å². The van der Waals surface area contributed by atoms with E-state index >= 15 is 0 Å². The Labute approximate surface area is 189 Å². The van der Waals surface area contributed by atoms with Gasteiger partial charge in [-0.3, -0.25) is 0 Å². The summed E-state index contributed by atoms with van der Waals surface area (Å²) >= 11 is 3.56. The summed E-state index contributed by atoms with van der Waals surface area (Å²) in [7, 11) is -2.68. The van der Waals surface area contributed by atoms with Crippen LogP contribution in [0, 0.1) is 11.8 Å². The molecule has 0 unspecified atom stereocenters. The summed E-state index contributed by atoms with van der Waals surface area (Å²) in [5.74, 6) is 4.92. The number of methoxy groups -OCH3 is 1. The lowest BCUT2D eigenvalue weighted by atomic mass is 10.1. The van der Waals surface area contributed by atoms with Gasteiger partial charge in [-0.05, 0) is 36.3 Å². The van der Waals surface area contributed by atoms with Gasteiger partial charge in [-0.1, -0.05) is 70.0 Å². The summed E-state index contributed by atoms with van der Waals surface area (Å²) in [6.45, 7) is 26.3. The number of ether oxygens (including phenoxy) is 1. The predicted molar refractivity (Wildman–Crippen MR) is 131 cm³/mol. The van der Waals surface area contributed by atoms with E-state index in [9.17, 15) is 4.79 Å². The Morgan fingerprint density at radius 2 is 1.45 bits per heavy atom. The average Bonchev–Trinajstić information content (AvgIpc) is 2.50. The van der Waals surface area contributed by atoms with Crippen LogP contribution >= 0.6 is 15.9 Å². The van der Waals surface area contributed by atoms with Crippen molar-refractivity contribution in [2.24, 2.45) is 0 Å². The maximum absolute atomic E-state index is 11.4. The molecule has 0 aliphatic carbocycles. The van der Waals surface area contributed by atoms with E-state index in [1.165, 1.54) is 7.11 Å². The van der Waals surface area contributed by atoms with Crippen LogP contribution in [-0.4, -0.2) is 41.9 Å². The fraction of sp³-hybridized carbons (Fsp3) is 0.773. The molecule has 0 aliphatic heterocycles. The van der Waals surface area contributed by atoms with E-state index in [1.54, 1.807) is 0 Å². The van der Waals surface area contributed by atoms with Crippen LogP contribution < -0.4 is 0 Å². The minimum absolute atomic E-state index is 0.0716. The molecule has 4 nitrogen and oxygen atoms in total. The highest BCUT2D eigenvalue weighted by Gasteiger charge is 2.42. The number of rotatable bonds is 8. The normalized spacial score (nSPS) is 15.2. The number of hydrogen-bond acceptors (Lipinski definition) is 4. The SMILES string of the molecule is C=C(Br)[C@H](C[C@@H](CC#CC(=O)OC)O[Si](C)(C)C(C)(C)C)O[Si](C)(C)C(C)(C)C. The number of esters is 1. The van der Waals surface area contributed by atoms with Gasteiger partial charge in [0.15, 0.2) is 16.6 Å². The topological polar surface area (TPSA) is 44.8 Å². The van der Waals surface area contributed by atoms with Gasteiger partial charge >= 0.3 is 5.97 Å². The molecule has 29 heavy (non-hydrogen) atoms. The smallest absolute Gasteiger partial charge is 0.384 e. The lowest BCUT2D eigenvalue weighted by molar-refractivity contribution is -0.133. The van der Waals surface area contributed by atoms with Crippen LogP contribution in [0.25, 0.3) is 0 Å². The molecule has 0 aromatic rings. The Kier molecular flexibility index (Phi) is 10.6. The molecule has 0 radical (unpaired) electrons. The van der Waals surface area contributed by atoms with Gasteiger partial charge in [-0.15, -0.1) is 0 Å². The minimum atomic E-state index is -2.02. The van der Waals surface area contributed by atoms with Crippen molar-refractivity contribution in [3.05, 3.63) is 11.1 Å². The van der Waals surface area contributed by atoms with Gasteiger partial charge in [-0.25, -0.2) is 4.79 Å². The van der Waals surface area contributed by atoms with Crippen LogP contribution in [-0.2, 0) is 18.4 Å². The largest absolute Gasteiger partial charge is 0.459 e. The van der Waals surface area contributed by atoms with Crippen molar-refractivity contribution >= 4 is 38.5 Å². The van der Waals surface area contributed by atoms with E-state index in [2.05, 4.69) is 107 Å². The molecule has 168 valence electrons. The van der Waals surface area contributed by atoms with Crippen molar-refractivity contribution < 1.29 is 18.4 Å². The van der Waals surface area contributed by atoms with Gasteiger partial charge in [0.1, 0.15) is 0 Å². The zero-order valence-electron chi connectivity index (χ0n) is 20.3. The molecular weight excluding hydrogens is 464 g/mol. The third kappa shape index (κ3) is 9.52. The molecule has 0 aliphatic rings. The Balaban J connectivity index is 5.69. The summed E-state index contributed by atoms with van der Waals surface area (Å²) in [6, 6.07) is 0. The van der Waals surface area contributed by atoms with Gasteiger partial charge in [0.25, 0.3) is 0 Å². The summed E-state index contributed by atoms with van der Waals surface area (Å²) in [5, 5.41) is 0.163. The van der Waals surface area contributed by atoms with Gasteiger partial charge in [0, 0.05) is 23.2 Å². The third-order valence-electron chi connectivity index (χ3n) is 6.04. The Hall–Kier alpha value is -0.396. The van der Waals surface area contributed by atoms with E-state index in [1.807, 2.05) is 0 Å². The Morgan fingerprint density at radius 3 is 1.83 bits per heavy atom. The van der Waals surface area contributed by atoms with E-state index in [4.69, 9.17) is 8.85 Å². The molecule has 7 heteroatoms. The highest BCUT2D eigenvalue weighted by Crippen LogP contribution is 2.41. The first-order valence-corrected chi connectivity index (χ1v) is 16.7. The maximum atomic E-state index is 11.4. The summed E-state index contributed by atoms with van der Waals surface area (Å²) in [6.07, 6.45) is 0.751. The molecule has 0 rings (SSSR count). The number of hydrogen-bond donors (Lipinski definition) is 0. The van der Waals surface area contributed by atoms with Gasteiger partial charge in [-0.2, -0.15) is 0 Å². The summed E-state index contributed by atoms with van der Waals surface area (Å²) in [4.78, 5) is 11.4. The molecule has 0 saturated heterocycles. The Morgan fingerprint density at radius 1 is 1.00 bits per heavy atom. The van der Waals surface area contributed by atoms with E-state index < -0.39 is 22.6 Å². The molecule has 0 bridgehead atoms. The quantitative estimate of drug-likeness (QED) is 0.161. The zero-order chi connectivity index (χ0) is 23.3. The van der Waals surface area contributed by atoms with E-state index in [-0.39, 0.29) is 22.3 Å². The van der Waals surface area contributed by atoms with Crippen molar-refractivity contribution in [3.63, 3.8) is 0 Å². The fourth-order valence-corrected chi connectivity index (χ4v) is 5.19. The van der Waals surface area contributed by atoms with Crippen LogP contribution in [0.1, 0.15) is 54.4 Å². The monoisotopic (exact) mass is 504 g/mol. The fourth-order valence-electron chi connectivity index (χ4n) is 2.07. The van der Waals surface area contributed by atoms with Crippen LogP contribution in [0.3, 0.4) is 0 Å². The maximum Gasteiger partial charge on any atom is 0.384 e. The van der Waals surface area contributed by atoms with Gasteiger partial charge in [0.2, 0.25) is 0 Å². The van der Waals surface area contributed by atoms with Gasteiger partial charge < -0.3 is 13.6 Å². The first kappa shape index (κ1) is 28.6. The average molecular weight is 506 g/mol. The van der Waals surface area contributed by atoms with Crippen molar-refractivity contribution in [2.45, 2.75) is 103 Å². The minimum Gasteiger partial charge on any atom is -0.459 e. The first-order valence-electron chi connectivity index (χ1n) is 10.1. The van der Waals surface area contributed by atoms with Crippen LogP contribution in [0.15, 0.2) is 11.1 Å². The molecule has 0 spiro atoms. The lowest BCUT2D eigenvalue weighted by Crippen LogP contribution is -2.47. The van der Waals surface area contributed by atoms with Crippen molar-refractivity contribution in [1.82, 2.24) is 0 Å². The summed E-state index contributed by atoms with van der Waals surface area (Å²) in [5.41, 5.74) is 0. The Bertz CT molecular complexity index is 634. The van der Waals surface area contributed by atoms with Crippen LogP contribution in [0.5, 0.6) is 0 Å². The standard InChI is InChI=1S/C22H41BrO4Si2/c1-17(23)19(27-29(11,12)22(5,6)7)16-18(14-13-15-20(24)25-8)26-28(9,10)21(2,3)4/h18-19H,1,14,16H2,2-12H3/t18-,19+/m1/s1. The molecule has 0 heterocycles. The molecule has 0 saturated carbocycles. The second-order valence-corrected chi connectivity index (χ2v) is 21.1. The molecule has 0 fully saturated rings. The van der Waals surface area contributed by atoms with Crippen molar-refractivity contribution in [2.75, 3.05) is 7.11 Å². The molecule has 0 amide bonds. The first-order chi connectivity index (χ1) is 12.8. The summed E-state index contributed by atoms with van der Waals surface area (Å²) < 4.78 is 18.7. The second-order valence-electron chi connectivity index (χ2n) is 10.5. The lowest BCUT2D eigenvalue weighted by Gasteiger charge is -2.42. The van der Waals surface area contributed by atoms with E-state index in [0.717, 1.165) is 4.48 Å². The number of carbonyl (C=O) groups is 1. The molecule has 2 atom stereocenters. The van der Waals surface area contributed by atoms with Crippen molar-refractivity contribution in [3.8, 4) is 11.8 Å². The third-order valence-corrected chi connectivity index (χ3v) is 15.6. The predicted octanol–water partition coefficient (Wildman–Crippen LogP) is 6.63. The zero-order valence-corrected chi connectivity index (χ0v) is 23.9. The van der Waals surface area contributed by atoms with Crippen molar-refractivity contribution in [1.29, 1.82) is 0 Å². The van der Waals surface area contributed by atoms with Crippen LogP contribution in [0.4, 0.5) is 0 Å².